The molecule has 3 aliphatic carbocycles. The van der Waals surface area contributed by atoms with Gasteiger partial charge in [0.15, 0.2) is 0 Å². The summed E-state index contributed by atoms with van der Waals surface area (Å²) in [5.74, 6) is -0.165. The van der Waals surface area contributed by atoms with Gasteiger partial charge in [0.25, 0.3) is 0 Å². The molecule has 0 bridgehead atoms. The van der Waals surface area contributed by atoms with Gasteiger partial charge in [0, 0.05) is 23.9 Å². The summed E-state index contributed by atoms with van der Waals surface area (Å²) in [5, 5.41) is 16.0. The minimum Gasteiger partial charge on any atom is -0.395 e. The number of amides is 1. The summed E-state index contributed by atoms with van der Waals surface area (Å²) < 4.78 is 13.4. The number of halogens is 1. The van der Waals surface area contributed by atoms with Gasteiger partial charge >= 0.3 is 0 Å². The van der Waals surface area contributed by atoms with Crippen molar-refractivity contribution in [3.63, 3.8) is 0 Å². The molecule has 6 heteroatoms. The molecule has 1 amide bonds. The number of aliphatic hydroxyl groups is 1. The van der Waals surface area contributed by atoms with Gasteiger partial charge in [-0.3, -0.25) is 4.79 Å². The third-order valence-electron chi connectivity index (χ3n) is 7.40. The fraction of sp³-hybridized carbons (Fsp3) is 0.333. The maximum atomic E-state index is 13.8. The smallest absolute Gasteiger partial charge is 0.234 e. The first-order valence-electron chi connectivity index (χ1n) is 11.5. The lowest BCUT2D eigenvalue weighted by Gasteiger charge is -2.30. The predicted octanol–water partition coefficient (Wildman–Crippen LogP) is 5.05. The molecular weight excluding hydrogens is 417 g/mol. The van der Waals surface area contributed by atoms with Gasteiger partial charge in [-0.2, -0.15) is 5.10 Å². The number of nitrogens with zero attached hydrogens (tertiary/aromatic N) is 3. The average Bonchev–Trinajstić information content (AvgIpc) is 3.39. The van der Waals surface area contributed by atoms with E-state index in [1.807, 2.05) is 42.3 Å². The second-order valence-corrected chi connectivity index (χ2v) is 9.02. The molecule has 1 N–H and O–H groups in total. The summed E-state index contributed by atoms with van der Waals surface area (Å²) >= 11 is 0. The highest BCUT2D eigenvalue weighted by Gasteiger charge is 2.76. The van der Waals surface area contributed by atoms with E-state index in [0.29, 0.717) is 6.54 Å². The van der Waals surface area contributed by atoms with Gasteiger partial charge in [0.05, 0.1) is 23.4 Å². The molecule has 0 saturated heterocycles. The van der Waals surface area contributed by atoms with Gasteiger partial charge in [-0.25, -0.2) is 9.40 Å². The van der Waals surface area contributed by atoms with E-state index in [2.05, 4.69) is 17.3 Å². The second-order valence-electron chi connectivity index (χ2n) is 9.02. The van der Waals surface area contributed by atoms with Crippen LogP contribution in [0.2, 0.25) is 0 Å². The Balaban J connectivity index is 1.42. The number of hydrogen-bond acceptors (Lipinski definition) is 4. The van der Waals surface area contributed by atoms with Crippen LogP contribution in [-0.4, -0.2) is 30.4 Å². The quantitative estimate of drug-likeness (QED) is 0.479. The number of para-hydroxylation sites is 1. The van der Waals surface area contributed by atoms with Crippen LogP contribution in [0, 0.1) is 16.6 Å². The zero-order valence-electron chi connectivity index (χ0n) is 18.7. The molecule has 3 aliphatic rings. The largest absolute Gasteiger partial charge is 0.395 e. The van der Waals surface area contributed by atoms with Crippen LogP contribution in [0.15, 0.2) is 83.1 Å². The van der Waals surface area contributed by atoms with Crippen molar-refractivity contribution in [1.82, 2.24) is 0 Å². The van der Waals surface area contributed by atoms with E-state index in [1.54, 1.807) is 23.2 Å². The maximum absolute atomic E-state index is 13.8. The molecule has 1 unspecified atom stereocenters. The van der Waals surface area contributed by atoms with Crippen LogP contribution in [0.5, 0.6) is 0 Å². The SMILES string of the molecule is C/C=N\N(C1=CC[C@]23CC2(C(=O)N(CCO)c2ccccc2)CCC3=C1)c1ccc(F)cc1. The van der Waals surface area contributed by atoms with Gasteiger partial charge in [-0.1, -0.05) is 29.8 Å². The molecule has 0 heterocycles. The lowest BCUT2D eigenvalue weighted by atomic mass is 9.84. The number of allylic oxidation sites excluding steroid dienone is 3. The number of hydrogen-bond donors (Lipinski definition) is 1. The van der Waals surface area contributed by atoms with E-state index in [9.17, 15) is 14.3 Å². The Bertz CT molecular complexity index is 1140. The Labute approximate surface area is 193 Å². The average molecular weight is 446 g/mol. The summed E-state index contributed by atoms with van der Waals surface area (Å²) in [5.41, 5.74) is 3.33. The Morgan fingerprint density at radius 1 is 1.15 bits per heavy atom. The van der Waals surface area contributed by atoms with E-state index >= 15 is 0 Å². The van der Waals surface area contributed by atoms with Crippen molar-refractivity contribution in [2.24, 2.45) is 15.9 Å². The van der Waals surface area contributed by atoms with Crippen molar-refractivity contribution in [2.75, 3.05) is 23.1 Å². The fourth-order valence-electron chi connectivity index (χ4n) is 5.76. The molecule has 0 aliphatic heterocycles. The molecule has 2 aromatic rings. The number of benzene rings is 2. The van der Waals surface area contributed by atoms with E-state index in [0.717, 1.165) is 42.8 Å². The van der Waals surface area contributed by atoms with E-state index in [4.69, 9.17) is 0 Å². The molecule has 2 aromatic carbocycles. The molecule has 170 valence electrons. The lowest BCUT2D eigenvalue weighted by molar-refractivity contribution is -0.124. The van der Waals surface area contributed by atoms with Gasteiger partial charge in [-0.15, -0.1) is 0 Å². The van der Waals surface area contributed by atoms with Crippen molar-refractivity contribution in [2.45, 2.75) is 32.6 Å². The minimum absolute atomic E-state index is 0.0713. The number of carbonyl (C=O) groups is 1. The van der Waals surface area contributed by atoms with Gasteiger partial charge in [0.1, 0.15) is 5.82 Å². The first kappa shape index (κ1) is 21.6. The summed E-state index contributed by atoms with van der Waals surface area (Å²) in [4.78, 5) is 15.6. The van der Waals surface area contributed by atoms with Crippen LogP contribution >= 0.6 is 0 Å². The fourth-order valence-corrected chi connectivity index (χ4v) is 5.76. The topological polar surface area (TPSA) is 56.1 Å². The molecule has 5 rings (SSSR count). The molecular formula is C27H28FN3O2. The normalized spacial score (nSPS) is 25.2. The molecule has 0 aromatic heterocycles. The third-order valence-corrected chi connectivity index (χ3v) is 7.40. The molecule has 2 saturated carbocycles. The third kappa shape index (κ3) is 3.40. The second kappa shape index (κ2) is 8.27. The van der Waals surface area contributed by atoms with Crippen molar-refractivity contribution in [3.05, 3.63) is 83.8 Å². The van der Waals surface area contributed by atoms with E-state index < -0.39 is 5.41 Å². The Morgan fingerprint density at radius 3 is 2.61 bits per heavy atom. The summed E-state index contributed by atoms with van der Waals surface area (Å²) in [6.45, 7) is 2.08. The maximum Gasteiger partial charge on any atom is 0.234 e. The van der Waals surface area contributed by atoms with Gasteiger partial charge in [0.2, 0.25) is 5.91 Å². The highest BCUT2D eigenvalue weighted by molar-refractivity contribution is 6.01. The zero-order chi connectivity index (χ0) is 23.1. The van der Waals surface area contributed by atoms with Crippen molar-refractivity contribution >= 4 is 23.5 Å². The van der Waals surface area contributed by atoms with Crippen LogP contribution in [-0.2, 0) is 4.79 Å². The monoisotopic (exact) mass is 445 g/mol. The molecule has 2 atom stereocenters. The first-order valence-corrected chi connectivity index (χ1v) is 11.5. The van der Waals surface area contributed by atoms with Crippen LogP contribution in [0.1, 0.15) is 32.6 Å². The molecule has 0 radical (unpaired) electrons. The molecule has 1 spiro atoms. The summed E-state index contributed by atoms with van der Waals surface area (Å²) in [6.07, 6.45) is 9.35. The Kier molecular flexibility index (Phi) is 5.41. The Morgan fingerprint density at radius 2 is 1.91 bits per heavy atom. The zero-order valence-corrected chi connectivity index (χ0v) is 18.7. The highest BCUT2D eigenvalue weighted by atomic mass is 19.1. The number of aliphatic hydroxyl groups excluding tert-OH is 1. The highest BCUT2D eigenvalue weighted by Crippen LogP contribution is 2.79. The van der Waals surface area contributed by atoms with Crippen LogP contribution in [0.4, 0.5) is 15.8 Å². The molecule has 2 fully saturated rings. The number of carbonyl (C=O) groups excluding carboxylic acids is 1. The van der Waals surface area contributed by atoms with E-state index in [1.165, 1.54) is 17.7 Å². The lowest BCUT2D eigenvalue weighted by Crippen LogP contribution is -2.40. The van der Waals surface area contributed by atoms with Crippen molar-refractivity contribution in [1.29, 1.82) is 0 Å². The van der Waals surface area contributed by atoms with Crippen LogP contribution in [0.25, 0.3) is 0 Å². The van der Waals surface area contributed by atoms with Crippen LogP contribution in [0.3, 0.4) is 0 Å². The van der Waals surface area contributed by atoms with Crippen molar-refractivity contribution < 1.29 is 14.3 Å². The number of anilines is 2. The number of hydrazone groups is 1. The first-order chi connectivity index (χ1) is 16.0. The van der Waals surface area contributed by atoms with E-state index in [-0.39, 0.29) is 23.7 Å². The standard InChI is InChI=1S/C27H28FN3O2/c1-2-29-31(23-10-8-21(28)9-11-23)24-13-15-26-19-27(26,14-12-20(26)18-24)25(33)30(16-17-32)22-6-4-3-5-7-22/h2-11,13,18,32H,12,14-17,19H2,1H3/b29-2-/t26-,27?/m1/s1. The van der Waals surface area contributed by atoms with Gasteiger partial charge in [-0.05, 0) is 75.1 Å². The van der Waals surface area contributed by atoms with Crippen molar-refractivity contribution in [3.8, 4) is 0 Å². The minimum atomic E-state index is -0.402. The molecule has 5 nitrogen and oxygen atoms in total. The molecule has 33 heavy (non-hydrogen) atoms. The van der Waals surface area contributed by atoms with Crippen LogP contribution < -0.4 is 9.91 Å². The Hall–Kier alpha value is -3.25. The summed E-state index contributed by atoms with van der Waals surface area (Å²) in [7, 11) is 0. The van der Waals surface area contributed by atoms with Gasteiger partial charge < -0.3 is 10.0 Å². The summed E-state index contributed by atoms with van der Waals surface area (Å²) in [6, 6.07) is 15.9. The number of rotatable bonds is 7. The predicted molar refractivity (Wildman–Crippen MR) is 128 cm³/mol.